The molecule has 3 atom stereocenters. The summed E-state index contributed by atoms with van der Waals surface area (Å²) in [6.45, 7) is 1.46. The number of hydrogen-bond acceptors (Lipinski definition) is 4. The third-order valence-electron chi connectivity index (χ3n) is 2.75. The van der Waals surface area contributed by atoms with Crippen LogP contribution < -0.4 is 0 Å². The summed E-state index contributed by atoms with van der Waals surface area (Å²) >= 11 is 0. The Morgan fingerprint density at radius 1 is 1.43 bits per heavy atom. The van der Waals surface area contributed by atoms with Crippen molar-refractivity contribution in [3.05, 3.63) is 0 Å². The van der Waals surface area contributed by atoms with Gasteiger partial charge in [0.05, 0.1) is 12.6 Å². The standard InChI is InChI=1S/C9H13NO4/c1-5(4-11)10-8(12)6-2-3-7(14-6)9(10)13/h5-7,11H,2-4H2,1H3/t5-,6?,7?/m1/s1. The van der Waals surface area contributed by atoms with Gasteiger partial charge in [0.25, 0.3) is 11.8 Å². The van der Waals surface area contributed by atoms with Crippen LogP contribution in [0.2, 0.25) is 0 Å². The number of ether oxygens (including phenoxy) is 1. The van der Waals surface area contributed by atoms with Crippen LogP contribution in [0.3, 0.4) is 0 Å². The van der Waals surface area contributed by atoms with Crippen molar-refractivity contribution in [2.45, 2.75) is 38.0 Å². The Morgan fingerprint density at radius 3 is 2.36 bits per heavy atom. The molecule has 14 heavy (non-hydrogen) atoms. The van der Waals surface area contributed by atoms with Gasteiger partial charge in [-0.25, -0.2) is 0 Å². The van der Waals surface area contributed by atoms with Crippen molar-refractivity contribution in [2.24, 2.45) is 0 Å². The number of aliphatic hydroxyl groups excluding tert-OH is 1. The van der Waals surface area contributed by atoms with Crippen molar-refractivity contribution in [1.82, 2.24) is 4.90 Å². The largest absolute Gasteiger partial charge is 0.394 e. The summed E-state index contributed by atoms with van der Waals surface area (Å²) in [6.07, 6.45) is 0.298. The molecule has 0 saturated carbocycles. The molecule has 78 valence electrons. The lowest BCUT2D eigenvalue weighted by Crippen LogP contribution is -2.56. The van der Waals surface area contributed by atoms with E-state index in [-0.39, 0.29) is 18.4 Å². The van der Waals surface area contributed by atoms with Crippen LogP contribution in [-0.4, -0.2) is 46.7 Å². The van der Waals surface area contributed by atoms with Crippen molar-refractivity contribution in [1.29, 1.82) is 0 Å². The van der Waals surface area contributed by atoms with E-state index in [9.17, 15) is 9.59 Å². The molecule has 0 aliphatic carbocycles. The Morgan fingerprint density at radius 2 is 1.93 bits per heavy atom. The number of fused-ring (bicyclic) bond motifs is 2. The van der Waals surface area contributed by atoms with E-state index in [0.717, 1.165) is 4.90 Å². The highest BCUT2D eigenvalue weighted by atomic mass is 16.5. The van der Waals surface area contributed by atoms with Crippen LogP contribution in [0.5, 0.6) is 0 Å². The molecule has 2 bridgehead atoms. The van der Waals surface area contributed by atoms with Crippen LogP contribution >= 0.6 is 0 Å². The molecule has 2 amide bonds. The number of likely N-dealkylation sites (tertiary alicyclic amines) is 1. The molecular formula is C9H13NO4. The summed E-state index contributed by atoms with van der Waals surface area (Å²) in [7, 11) is 0. The molecule has 5 nitrogen and oxygen atoms in total. The normalized spacial score (nSPS) is 33.7. The number of morpholine rings is 1. The third kappa shape index (κ3) is 1.24. The number of carbonyl (C=O) groups is 2. The molecule has 2 aliphatic rings. The second-order valence-corrected chi connectivity index (χ2v) is 3.77. The van der Waals surface area contributed by atoms with Crippen LogP contribution in [-0.2, 0) is 14.3 Å². The first-order chi connectivity index (χ1) is 6.65. The average Bonchev–Trinajstić information content (AvgIpc) is 2.61. The van der Waals surface area contributed by atoms with Crippen molar-refractivity contribution in [3.8, 4) is 0 Å². The number of imide groups is 1. The highest BCUT2D eigenvalue weighted by Crippen LogP contribution is 2.29. The van der Waals surface area contributed by atoms with Crippen molar-refractivity contribution >= 4 is 11.8 Å². The number of carbonyl (C=O) groups excluding carboxylic acids is 2. The van der Waals surface area contributed by atoms with Gasteiger partial charge in [-0.1, -0.05) is 0 Å². The highest BCUT2D eigenvalue weighted by molar-refractivity contribution is 6.02. The molecule has 2 saturated heterocycles. The SMILES string of the molecule is C[C@H](CO)N1C(=O)C2CCC(O2)C1=O. The number of hydrogen-bond donors (Lipinski definition) is 1. The van der Waals surface area contributed by atoms with Crippen molar-refractivity contribution in [3.63, 3.8) is 0 Å². The monoisotopic (exact) mass is 199 g/mol. The molecule has 2 fully saturated rings. The van der Waals surface area contributed by atoms with Gasteiger partial charge < -0.3 is 9.84 Å². The van der Waals surface area contributed by atoms with Crippen LogP contribution in [0.1, 0.15) is 19.8 Å². The third-order valence-corrected chi connectivity index (χ3v) is 2.75. The van der Waals surface area contributed by atoms with Gasteiger partial charge in [-0.3, -0.25) is 14.5 Å². The number of nitrogens with zero attached hydrogens (tertiary/aromatic N) is 1. The van der Waals surface area contributed by atoms with Gasteiger partial charge in [0.1, 0.15) is 12.2 Å². The first kappa shape index (κ1) is 9.61. The Balaban J connectivity index is 2.23. The first-order valence-electron chi connectivity index (χ1n) is 4.78. The summed E-state index contributed by atoms with van der Waals surface area (Å²) in [5.74, 6) is -0.601. The van der Waals surface area contributed by atoms with Gasteiger partial charge in [0.15, 0.2) is 0 Å². The number of amides is 2. The maximum absolute atomic E-state index is 11.7. The van der Waals surface area contributed by atoms with Crippen molar-refractivity contribution in [2.75, 3.05) is 6.61 Å². The fourth-order valence-electron chi connectivity index (χ4n) is 1.94. The summed E-state index contributed by atoms with van der Waals surface area (Å²) < 4.78 is 5.22. The molecule has 0 aromatic heterocycles. The van der Waals surface area contributed by atoms with Crippen LogP contribution in [0.25, 0.3) is 0 Å². The van der Waals surface area contributed by atoms with E-state index in [0.29, 0.717) is 12.8 Å². The fraction of sp³-hybridized carbons (Fsp3) is 0.778. The Bertz CT molecular complexity index is 256. The zero-order valence-corrected chi connectivity index (χ0v) is 7.97. The topological polar surface area (TPSA) is 66.8 Å². The van der Waals surface area contributed by atoms with Gasteiger partial charge >= 0.3 is 0 Å². The molecule has 2 heterocycles. The van der Waals surface area contributed by atoms with E-state index in [1.807, 2.05) is 0 Å². The predicted molar refractivity (Wildman–Crippen MR) is 46.3 cm³/mol. The first-order valence-corrected chi connectivity index (χ1v) is 4.78. The van der Waals surface area contributed by atoms with Gasteiger partial charge in [-0.2, -0.15) is 0 Å². The maximum atomic E-state index is 11.7. The molecule has 0 aromatic rings. The Labute approximate surface area is 81.6 Å². The van der Waals surface area contributed by atoms with E-state index in [4.69, 9.17) is 9.84 Å². The summed E-state index contributed by atoms with van der Waals surface area (Å²) in [5, 5.41) is 8.93. The molecule has 0 radical (unpaired) electrons. The van der Waals surface area contributed by atoms with E-state index in [2.05, 4.69) is 0 Å². The minimum absolute atomic E-state index is 0.198. The summed E-state index contributed by atoms with van der Waals surface area (Å²) in [4.78, 5) is 24.5. The van der Waals surface area contributed by atoms with Crippen LogP contribution in [0, 0.1) is 0 Å². The van der Waals surface area contributed by atoms with Gasteiger partial charge in [0.2, 0.25) is 0 Å². The van der Waals surface area contributed by atoms with E-state index >= 15 is 0 Å². The van der Waals surface area contributed by atoms with E-state index in [1.165, 1.54) is 0 Å². The molecule has 2 unspecified atom stereocenters. The van der Waals surface area contributed by atoms with Gasteiger partial charge in [-0.05, 0) is 19.8 Å². The molecule has 0 aromatic carbocycles. The minimum atomic E-state index is -0.466. The van der Waals surface area contributed by atoms with E-state index in [1.54, 1.807) is 6.92 Å². The zero-order chi connectivity index (χ0) is 10.3. The van der Waals surface area contributed by atoms with E-state index < -0.39 is 18.2 Å². The Kier molecular flexibility index (Phi) is 2.28. The molecule has 0 spiro atoms. The average molecular weight is 199 g/mol. The molecular weight excluding hydrogens is 186 g/mol. The molecule has 2 rings (SSSR count). The summed E-state index contributed by atoms with van der Waals surface area (Å²) in [6, 6.07) is -0.443. The second kappa shape index (κ2) is 3.33. The lowest BCUT2D eigenvalue weighted by atomic mass is 10.2. The van der Waals surface area contributed by atoms with Crippen molar-refractivity contribution < 1.29 is 19.4 Å². The smallest absolute Gasteiger partial charge is 0.258 e. The fourth-order valence-corrected chi connectivity index (χ4v) is 1.94. The predicted octanol–water partition coefficient (Wildman–Crippen LogP) is -0.716. The van der Waals surface area contributed by atoms with Gasteiger partial charge in [0, 0.05) is 0 Å². The Hall–Kier alpha value is -0.940. The quantitative estimate of drug-likeness (QED) is 0.596. The lowest BCUT2D eigenvalue weighted by Gasteiger charge is -2.33. The van der Waals surface area contributed by atoms with Crippen LogP contribution in [0.15, 0.2) is 0 Å². The lowest BCUT2D eigenvalue weighted by molar-refractivity contribution is -0.172. The van der Waals surface area contributed by atoms with Crippen LogP contribution in [0.4, 0.5) is 0 Å². The zero-order valence-electron chi connectivity index (χ0n) is 7.97. The van der Waals surface area contributed by atoms with Gasteiger partial charge in [-0.15, -0.1) is 0 Å². The molecule has 1 N–H and O–H groups in total. The summed E-state index contributed by atoms with van der Waals surface area (Å²) in [5.41, 5.74) is 0. The highest BCUT2D eigenvalue weighted by Gasteiger charge is 2.47. The maximum Gasteiger partial charge on any atom is 0.258 e. The number of rotatable bonds is 2. The molecule has 5 heteroatoms. The molecule has 2 aliphatic heterocycles. The minimum Gasteiger partial charge on any atom is -0.394 e. The second-order valence-electron chi connectivity index (χ2n) is 3.77. The number of aliphatic hydroxyl groups is 1.